The molecule has 6 nitrogen and oxygen atoms in total. The molecule has 1 aliphatic rings. The first-order valence-electron chi connectivity index (χ1n) is 9.29. The summed E-state index contributed by atoms with van der Waals surface area (Å²) >= 11 is 1.59. The molecule has 28 heavy (non-hydrogen) atoms. The zero-order valence-corrected chi connectivity index (χ0v) is 16.4. The number of thiophene rings is 1. The summed E-state index contributed by atoms with van der Waals surface area (Å²) in [6, 6.07) is 11.4. The summed E-state index contributed by atoms with van der Waals surface area (Å²) in [7, 11) is 0. The summed E-state index contributed by atoms with van der Waals surface area (Å²) in [5.41, 5.74) is 1.87. The van der Waals surface area contributed by atoms with Crippen LogP contribution in [0.2, 0.25) is 0 Å². The Morgan fingerprint density at radius 2 is 2.18 bits per heavy atom. The number of hydrogen-bond donors (Lipinski definition) is 1. The Morgan fingerprint density at radius 1 is 1.36 bits per heavy atom. The van der Waals surface area contributed by atoms with Gasteiger partial charge in [-0.05, 0) is 55.5 Å². The number of likely N-dealkylation sites (tertiary alicyclic amines) is 1. The molecule has 1 unspecified atom stereocenters. The van der Waals surface area contributed by atoms with Gasteiger partial charge in [0, 0.05) is 6.54 Å². The molecule has 1 saturated heterocycles. The van der Waals surface area contributed by atoms with Crippen LogP contribution >= 0.6 is 11.3 Å². The van der Waals surface area contributed by atoms with Crippen molar-refractivity contribution in [1.82, 2.24) is 9.88 Å². The molecule has 0 bridgehead atoms. The molecule has 0 radical (unpaired) electrons. The highest BCUT2D eigenvalue weighted by atomic mass is 32.1. The lowest BCUT2D eigenvalue weighted by molar-refractivity contribution is -0.142. The summed E-state index contributed by atoms with van der Waals surface area (Å²) in [6.45, 7) is 3.70. The second-order valence-electron chi connectivity index (χ2n) is 6.90. The fourth-order valence-corrected chi connectivity index (χ4v) is 4.09. The lowest BCUT2D eigenvalue weighted by Crippen LogP contribution is -2.35. The van der Waals surface area contributed by atoms with Gasteiger partial charge in [0.05, 0.1) is 4.88 Å². The molecule has 3 aromatic rings. The molecular weight excluding hydrogens is 376 g/mol. The fraction of sp³-hybridized carbons (Fsp3) is 0.333. The predicted molar refractivity (Wildman–Crippen MR) is 106 cm³/mol. The highest BCUT2D eigenvalue weighted by molar-refractivity contribution is 7.13. The van der Waals surface area contributed by atoms with Crippen LogP contribution in [0.5, 0.6) is 5.75 Å². The van der Waals surface area contributed by atoms with E-state index >= 15 is 0 Å². The van der Waals surface area contributed by atoms with E-state index in [1.54, 1.807) is 11.3 Å². The molecule has 0 spiro atoms. The number of carbonyl (C=O) groups is 1. The van der Waals surface area contributed by atoms with Gasteiger partial charge in [-0.2, -0.15) is 0 Å². The van der Waals surface area contributed by atoms with Crippen LogP contribution in [0.1, 0.15) is 29.9 Å². The van der Waals surface area contributed by atoms with Gasteiger partial charge in [0.25, 0.3) is 0 Å². The summed E-state index contributed by atoms with van der Waals surface area (Å²) in [6.07, 6.45) is 1.66. The molecule has 2 aromatic heterocycles. The monoisotopic (exact) mass is 398 g/mol. The number of carboxylic acids is 1. The van der Waals surface area contributed by atoms with Gasteiger partial charge in [0.15, 0.2) is 0 Å². The zero-order valence-electron chi connectivity index (χ0n) is 15.6. The third-order valence-electron chi connectivity index (χ3n) is 4.96. The third kappa shape index (κ3) is 4.10. The molecule has 4 rings (SSSR count). The van der Waals surface area contributed by atoms with E-state index in [0.717, 1.165) is 47.0 Å². The Bertz CT molecular complexity index is 934. The Hall–Kier alpha value is -2.64. The van der Waals surface area contributed by atoms with E-state index in [1.165, 1.54) is 0 Å². The van der Waals surface area contributed by atoms with Gasteiger partial charge in [0.2, 0.25) is 5.89 Å². The van der Waals surface area contributed by atoms with E-state index in [0.29, 0.717) is 19.0 Å². The van der Waals surface area contributed by atoms with Crippen LogP contribution in [0.4, 0.5) is 0 Å². The van der Waals surface area contributed by atoms with E-state index < -0.39 is 5.97 Å². The molecule has 3 heterocycles. The van der Waals surface area contributed by atoms with Gasteiger partial charge < -0.3 is 14.3 Å². The maximum absolute atomic E-state index is 11.3. The van der Waals surface area contributed by atoms with Gasteiger partial charge in [-0.25, -0.2) is 4.98 Å². The minimum absolute atomic E-state index is 0.341. The number of aliphatic carboxylic acids is 1. The molecular formula is C21H22N2O4S. The molecule has 1 fully saturated rings. The van der Waals surface area contributed by atoms with Crippen molar-refractivity contribution in [2.45, 2.75) is 39.0 Å². The van der Waals surface area contributed by atoms with Crippen LogP contribution in [0, 0.1) is 6.92 Å². The van der Waals surface area contributed by atoms with E-state index in [4.69, 9.17) is 9.15 Å². The van der Waals surface area contributed by atoms with Crippen molar-refractivity contribution in [3.05, 3.63) is 58.8 Å². The van der Waals surface area contributed by atoms with Crippen molar-refractivity contribution in [2.75, 3.05) is 6.54 Å². The van der Waals surface area contributed by atoms with E-state index in [2.05, 4.69) is 4.98 Å². The molecule has 0 amide bonds. The topological polar surface area (TPSA) is 75.8 Å². The van der Waals surface area contributed by atoms with Crippen molar-refractivity contribution < 1.29 is 19.1 Å². The SMILES string of the molecule is Cc1oc(-c2cccs2)nc1COc1ccc(CN2CCCC2C(=O)O)cc1. The smallest absolute Gasteiger partial charge is 0.320 e. The first-order valence-corrected chi connectivity index (χ1v) is 10.2. The normalized spacial score (nSPS) is 17.1. The standard InChI is InChI=1S/C21H22N2O4S/c1-14-17(22-20(27-14)19-5-3-11-28-19)13-26-16-8-6-15(7-9-16)12-23-10-2-4-18(23)21(24)25/h3,5-9,11,18H,2,4,10,12-13H2,1H3,(H,24,25). The van der Waals surface area contributed by atoms with Crippen LogP contribution in [-0.2, 0) is 17.9 Å². The van der Waals surface area contributed by atoms with E-state index in [1.807, 2.05) is 53.6 Å². The summed E-state index contributed by atoms with van der Waals surface area (Å²) in [5, 5.41) is 11.3. The van der Waals surface area contributed by atoms with Gasteiger partial charge in [-0.1, -0.05) is 18.2 Å². The number of ether oxygens (including phenoxy) is 1. The van der Waals surface area contributed by atoms with Crippen LogP contribution in [0.25, 0.3) is 10.8 Å². The number of rotatable bonds is 7. The first kappa shape index (κ1) is 18.7. The maximum atomic E-state index is 11.3. The predicted octanol–water partition coefficient (Wildman–Crippen LogP) is 4.34. The number of nitrogens with zero attached hydrogens (tertiary/aromatic N) is 2. The Kier molecular flexibility index (Phi) is 5.45. The van der Waals surface area contributed by atoms with E-state index in [-0.39, 0.29) is 6.04 Å². The molecule has 146 valence electrons. The van der Waals surface area contributed by atoms with Crippen molar-refractivity contribution in [3.8, 4) is 16.5 Å². The second kappa shape index (κ2) is 8.16. The molecule has 1 atom stereocenters. The number of carboxylic acid groups (broad SMARTS) is 1. The third-order valence-corrected chi connectivity index (χ3v) is 5.82. The highest BCUT2D eigenvalue weighted by Crippen LogP contribution is 2.27. The van der Waals surface area contributed by atoms with Crippen molar-refractivity contribution in [3.63, 3.8) is 0 Å². The zero-order chi connectivity index (χ0) is 19.5. The lowest BCUT2D eigenvalue weighted by atomic mass is 10.2. The second-order valence-corrected chi connectivity index (χ2v) is 7.85. The number of hydrogen-bond acceptors (Lipinski definition) is 6. The quantitative estimate of drug-likeness (QED) is 0.638. The molecule has 0 saturated carbocycles. The first-order chi connectivity index (χ1) is 13.6. The van der Waals surface area contributed by atoms with Crippen molar-refractivity contribution in [1.29, 1.82) is 0 Å². The number of oxazole rings is 1. The molecule has 1 aliphatic heterocycles. The largest absolute Gasteiger partial charge is 0.487 e. The minimum atomic E-state index is -0.734. The highest BCUT2D eigenvalue weighted by Gasteiger charge is 2.30. The van der Waals surface area contributed by atoms with Gasteiger partial charge in [0.1, 0.15) is 29.9 Å². The van der Waals surface area contributed by atoms with Crippen molar-refractivity contribution in [2.24, 2.45) is 0 Å². The Balaban J connectivity index is 1.36. The lowest BCUT2D eigenvalue weighted by Gasteiger charge is -2.21. The Labute approximate surface area is 167 Å². The summed E-state index contributed by atoms with van der Waals surface area (Å²) in [4.78, 5) is 18.9. The van der Waals surface area contributed by atoms with Gasteiger partial charge in [-0.15, -0.1) is 11.3 Å². The molecule has 1 N–H and O–H groups in total. The van der Waals surface area contributed by atoms with Crippen LogP contribution in [0.3, 0.4) is 0 Å². The average Bonchev–Trinajstić information content (AvgIpc) is 3.42. The van der Waals surface area contributed by atoms with Crippen molar-refractivity contribution >= 4 is 17.3 Å². The molecule has 7 heteroatoms. The molecule has 1 aromatic carbocycles. The maximum Gasteiger partial charge on any atom is 0.320 e. The fourth-order valence-electron chi connectivity index (χ4n) is 3.44. The van der Waals surface area contributed by atoms with Gasteiger partial charge in [-0.3, -0.25) is 9.69 Å². The Morgan fingerprint density at radius 3 is 2.89 bits per heavy atom. The number of aryl methyl sites for hydroxylation is 1. The van der Waals surface area contributed by atoms with E-state index in [9.17, 15) is 9.90 Å². The average molecular weight is 398 g/mol. The van der Waals surface area contributed by atoms with Crippen LogP contribution in [0.15, 0.2) is 46.2 Å². The summed E-state index contributed by atoms with van der Waals surface area (Å²) in [5.74, 6) is 1.40. The summed E-state index contributed by atoms with van der Waals surface area (Å²) < 4.78 is 11.6. The van der Waals surface area contributed by atoms with Crippen LogP contribution in [-0.4, -0.2) is 33.5 Å². The minimum Gasteiger partial charge on any atom is -0.487 e. The number of aromatic nitrogens is 1. The molecule has 0 aliphatic carbocycles. The van der Waals surface area contributed by atoms with Gasteiger partial charge >= 0.3 is 5.97 Å². The number of benzene rings is 1. The van der Waals surface area contributed by atoms with Crippen LogP contribution < -0.4 is 4.74 Å².